The average molecular weight is 483 g/mol. The highest BCUT2D eigenvalue weighted by molar-refractivity contribution is 7.99. The van der Waals surface area contributed by atoms with Crippen LogP contribution in [0.1, 0.15) is 16.8 Å². The Bertz CT molecular complexity index is 1140. The van der Waals surface area contributed by atoms with Crippen LogP contribution in [0.15, 0.2) is 77.7 Å². The molecule has 3 rings (SSSR count). The van der Waals surface area contributed by atoms with Gasteiger partial charge in [0.1, 0.15) is 11.6 Å². The summed E-state index contributed by atoms with van der Waals surface area (Å²) in [6, 6.07) is 19.3. The van der Waals surface area contributed by atoms with Gasteiger partial charge in [-0.25, -0.2) is 4.39 Å². The summed E-state index contributed by atoms with van der Waals surface area (Å²) in [5.41, 5.74) is 1.40. The number of thioether (sulfide) groups is 1. The molecule has 0 saturated carbocycles. The number of amides is 2. The van der Waals surface area contributed by atoms with E-state index in [-0.39, 0.29) is 18.1 Å². The molecule has 0 aliphatic rings. The van der Waals surface area contributed by atoms with E-state index in [1.165, 1.54) is 31.0 Å². The summed E-state index contributed by atoms with van der Waals surface area (Å²) < 4.78 is 23.1. The maximum absolute atomic E-state index is 12.9. The lowest BCUT2D eigenvalue weighted by atomic mass is 10.2. The molecule has 0 aromatic heterocycles. The van der Waals surface area contributed by atoms with E-state index in [1.54, 1.807) is 60.7 Å². The first kappa shape index (κ1) is 24.8. The summed E-state index contributed by atoms with van der Waals surface area (Å²) in [6.07, 6.45) is 0.116. The van der Waals surface area contributed by atoms with Crippen LogP contribution < -0.4 is 15.4 Å². The number of methoxy groups -OCH3 is 1. The minimum absolute atomic E-state index is 0.116. The quantitative estimate of drug-likeness (QED) is 0.320. The van der Waals surface area contributed by atoms with Gasteiger partial charge in [-0.3, -0.25) is 14.4 Å². The summed E-state index contributed by atoms with van der Waals surface area (Å²) in [6.45, 7) is -0.421. The molecule has 0 atom stereocenters. The number of carbonyl (C=O) groups excluding carboxylic acids is 3. The van der Waals surface area contributed by atoms with Crippen molar-refractivity contribution in [2.75, 3.05) is 30.1 Å². The van der Waals surface area contributed by atoms with Gasteiger partial charge < -0.3 is 20.1 Å². The van der Waals surface area contributed by atoms with E-state index in [1.807, 2.05) is 0 Å². The molecule has 0 unspecified atom stereocenters. The molecule has 3 aromatic rings. The zero-order chi connectivity index (χ0) is 24.3. The maximum Gasteiger partial charge on any atom is 0.307 e. The molecular formula is C25H23FN2O5S. The number of esters is 1. The number of rotatable bonds is 10. The molecule has 0 aliphatic heterocycles. The number of ether oxygens (including phenoxy) is 2. The Hall–Kier alpha value is -3.85. The Labute approximate surface area is 200 Å². The predicted molar refractivity (Wildman–Crippen MR) is 129 cm³/mol. The molecule has 0 radical (unpaired) electrons. The van der Waals surface area contributed by atoms with E-state index in [4.69, 9.17) is 9.47 Å². The third-order valence-electron chi connectivity index (χ3n) is 4.54. The lowest BCUT2D eigenvalue weighted by Gasteiger charge is -2.10. The van der Waals surface area contributed by atoms with Crippen molar-refractivity contribution in [1.29, 1.82) is 0 Å². The van der Waals surface area contributed by atoms with Crippen molar-refractivity contribution >= 4 is 40.9 Å². The first-order valence-corrected chi connectivity index (χ1v) is 11.3. The van der Waals surface area contributed by atoms with Crippen LogP contribution in [-0.2, 0) is 14.3 Å². The minimum Gasteiger partial charge on any atom is -0.495 e. The standard InChI is InChI=1S/C25H23FN2O5S/c1-32-22-5-3-2-4-21(22)28-25(31)17-6-10-19(11-7-17)27-23(29)16-33-24(30)14-15-34-20-12-8-18(26)9-13-20/h2-13H,14-16H2,1H3,(H,27,29)(H,28,31). The number of nitrogens with one attached hydrogen (secondary N) is 2. The van der Waals surface area contributed by atoms with Gasteiger partial charge in [0, 0.05) is 21.9 Å². The zero-order valence-corrected chi connectivity index (χ0v) is 19.2. The van der Waals surface area contributed by atoms with Crippen LogP contribution in [0.3, 0.4) is 0 Å². The zero-order valence-electron chi connectivity index (χ0n) is 18.4. The van der Waals surface area contributed by atoms with Crippen LogP contribution in [0.5, 0.6) is 5.75 Å². The van der Waals surface area contributed by atoms with Gasteiger partial charge in [0.25, 0.3) is 11.8 Å². The molecule has 7 nitrogen and oxygen atoms in total. The largest absolute Gasteiger partial charge is 0.495 e. The first-order valence-electron chi connectivity index (χ1n) is 10.3. The lowest BCUT2D eigenvalue weighted by Crippen LogP contribution is -2.21. The number of hydrogen-bond acceptors (Lipinski definition) is 6. The van der Waals surface area contributed by atoms with Crippen molar-refractivity contribution in [3.8, 4) is 5.75 Å². The molecule has 0 saturated heterocycles. The Morgan fingerprint density at radius 1 is 0.912 bits per heavy atom. The average Bonchev–Trinajstić information content (AvgIpc) is 2.85. The van der Waals surface area contributed by atoms with Crippen molar-refractivity contribution in [2.45, 2.75) is 11.3 Å². The fraction of sp³-hybridized carbons (Fsp3) is 0.160. The molecule has 0 spiro atoms. The molecule has 9 heteroatoms. The van der Waals surface area contributed by atoms with Crippen molar-refractivity contribution < 1.29 is 28.2 Å². The van der Waals surface area contributed by atoms with E-state index in [9.17, 15) is 18.8 Å². The van der Waals surface area contributed by atoms with Crippen molar-refractivity contribution in [2.24, 2.45) is 0 Å². The number of anilines is 2. The minimum atomic E-state index is -0.506. The van der Waals surface area contributed by atoms with Crippen LogP contribution >= 0.6 is 11.8 Å². The molecule has 0 fully saturated rings. The van der Waals surface area contributed by atoms with E-state index >= 15 is 0 Å². The van der Waals surface area contributed by atoms with Crippen LogP contribution in [0.25, 0.3) is 0 Å². The monoisotopic (exact) mass is 482 g/mol. The number of halogens is 1. The van der Waals surface area contributed by atoms with E-state index < -0.39 is 18.5 Å². The third-order valence-corrected chi connectivity index (χ3v) is 5.55. The number of carbonyl (C=O) groups is 3. The van der Waals surface area contributed by atoms with Crippen LogP contribution in [0.2, 0.25) is 0 Å². The van der Waals surface area contributed by atoms with Crippen molar-refractivity contribution in [1.82, 2.24) is 0 Å². The molecular weight excluding hydrogens is 459 g/mol. The second-order valence-corrected chi connectivity index (χ2v) is 8.16. The molecule has 0 bridgehead atoms. The Kier molecular flexibility index (Phi) is 9.04. The SMILES string of the molecule is COc1ccccc1NC(=O)c1ccc(NC(=O)COC(=O)CCSc2ccc(F)cc2)cc1. The molecule has 3 aromatic carbocycles. The summed E-state index contributed by atoms with van der Waals surface area (Å²) >= 11 is 1.39. The Morgan fingerprint density at radius 2 is 1.62 bits per heavy atom. The molecule has 34 heavy (non-hydrogen) atoms. The highest BCUT2D eigenvalue weighted by atomic mass is 32.2. The topological polar surface area (TPSA) is 93.7 Å². The fourth-order valence-electron chi connectivity index (χ4n) is 2.85. The van der Waals surface area contributed by atoms with Crippen LogP contribution in [0, 0.1) is 5.82 Å². The maximum atomic E-state index is 12.9. The van der Waals surface area contributed by atoms with Crippen molar-refractivity contribution in [3.05, 3.63) is 84.2 Å². The predicted octanol–water partition coefficient (Wildman–Crippen LogP) is 4.75. The molecule has 2 amide bonds. The van der Waals surface area contributed by atoms with Gasteiger partial charge in [-0.15, -0.1) is 11.8 Å². The first-order chi connectivity index (χ1) is 16.4. The molecule has 2 N–H and O–H groups in total. The van der Waals surface area contributed by atoms with Gasteiger partial charge in [-0.05, 0) is 60.7 Å². The summed E-state index contributed by atoms with van der Waals surface area (Å²) in [4.78, 5) is 37.2. The highest BCUT2D eigenvalue weighted by Gasteiger charge is 2.11. The second kappa shape index (κ2) is 12.4. The van der Waals surface area contributed by atoms with E-state index in [0.29, 0.717) is 28.4 Å². The van der Waals surface area contributed by atoms with Gasteiger partial charge in [0.05, 0.1) is 19.2 Å². The molecule has 0 heterocycles. The summed E-state index contributed by atoms with van der Waals surface area (Å²) in [7, 11) is 1.52. The lowest BCUT2D eigenvalue weighted by molar-refractivity contribution is -0.146. The van der Waals surface area contributed by atoms with Gasteiger partial charge >= 0.3 is 5.97 Å². The van der Waals surface area contributed by atoms with Gasteiger partial charge in [0.2, 0.25) is 0 Å². The van der Waals surface area contributed by atoms with Crippen LogP contribution in [0.4, 0.5) is 15.8 Å². The van der Waals surface area contributed by atoms with E-state index in [0.717, 1.165) is 4.90 Å². The second-order valence-electron chi connectivity index (χ2n) is 6.99. The normalized spacial score (nSPS) is 10.3. The number of para-hydroxylation sites is 2. The fourth-order valence-corrected chi connectivity index (χ4v) is 3.68. The summed E-state index contributed by atoms with van der Waals surface area (Å²) in [5, 5.41) is 5.38. The summed E-state index contributed by atoms with van der Waals surface area (Å²) in [5.74, 6) is -0.651. The third kappa shape index (κ3) is 7.63. The Morgan fingerprint density at radius 3 is 2.32 bits per heavy atom. The highest BCUT2D eigenvalue weighted by Crippen LogP contribution is 2.24. The van der Waals surface area contributed by atoms with Gasteiger partial charge in [-0.2, -0.15) is 0 Å². The number of benzene rings is 3. The van der Waals surface area contributed by atoms with E-state index in [2.05, 4.69) is 10.6 Å². The molecule has 176 valence electrons. The van der Waals surface area contributed by atoms with Gasteiger partial charge in [-0.1, -0.05) is 12.1 Å². The Balaban J connectivity index is 1.40. The van der Waals surface area contributed by atoms with Crippen LogP contribution in [-0.4, -0.2) is 37.3 Å². The van der Waals surface area contributed by atoms with Crippen molar-refractivity contribution in [3.63, 3.8) is 0 Å². The number of hydrogen-bond donors (Lipinski definition) is 2. The molecule has 0 aliphatic carbocycles. The van der Waals surface area contributed by atoms with Gasteiger partial charge in [0.15, 0.2) is 6.61 Å². The smallest absolute Gasteiger partial charge is 0.307 e.